The quantitative estimate of drug-likeness (QED) is 0.662. The lowest BCUT2D eigenvalue weighted by Gasteiger charge is -2.07. The fraction of sp³-hybridized carbons (Fsp3) is 0.909. The second-order valence-electron chi connectivity index (χ2n) is 4.20. The molecule has 0 fully saturated rings. The molecule has 2 heteroatoms. The van der Waals surface area contributed by atoms with E-state index < -0.39 is 0 Å². The Morgan fingerprint density at radius 3 is 2.46 bits per heavy atom. The molecule has 0 radical (unpaired) electrons. The van der Waals surface area contributed by atoms with Gasteiger partial charge in [-0.2, -0.15) is 0 Å². The highest BCUT2D eigenvalue weighted by Gasteiger charge is 2.07. The summed E-state index contributed by atoms with van der Waals surface area (Å²) in [6.07, 6.45) is 4.34. The first kappa shape index (κ1) is 12.6. The van der Waals surface area contributed by atoms with Gasteiger partial charge in [0, 0.05) is 18.9 Å². The van der Waals surface area contributed by atoms with Gasteiger partial charge in [-0.15, -0.1) is 0 Å². The third-order valence-electron chi connectivity index (χ3n) is 2.25. The summed E-state index contributed by atoms with van der Waals surface area (Å²) in [7, 11) is 0. The SMILES string of the molecule is CCC(N)CC(=O)CCCC(C)C. The Balaban J connectivity index is 3.41. The van der Waals surface area contributed by atoms with E-state index in [1.807, 2.05) is 6.92 Å². The van der Waals surface area contributed by atoms with Crippen molar-refractivity contribution in [3.05, 3.63) is 0 Å². The molecule has 1 unspecified atom stereocenters. The van der Waals surface area contributed by atoms with Gasteiger partial charge in [0.15, 0.2) is 0 Å². The van der Waals surface area contributed by atoms with Crippen molar-refractivity contribution in [1.29, 1.82) is 0 Å². The van der Waals surface area contributed by atoms with Crippen LogP contribution in [0.15, 0.2) is 0 Å². The van der Waals surface area contributed by atoms with Crippen LogP contribution in [-0.2, 0) is 4.79 Å². The molecular weight excluding hydrogens is 162 g/mol. The third kappa shape index (κ3) is 7.97. The standard InChI is InChI=1S/C11H23NO/c1-4-10(12)8-11(13)7-5-6-9(2)3/h9-10H,4-8,12H2,1-3H3. The molecule has 0 aliphatic heterocycles. The molecule has 0 rings (SSSR count). The molecule has 0 aromatic carbocycles. The molecule has 0 saturated heterocycles. The Morgan fingerprint density at radius 2 is 2.00 bits per heavy atom. The molecule has 2 nitrogen and oxygen atoms in total. The summed E-state index contributed by atoms with van der Waals surface area (Å²) in [6.45, 7) is 6.39. The summed E-state index contributed by atoms with van der Waals surface area (Å²) < 4.78 is 0. The average molecular weight is 185 g/mol. The number of Topliss-reactive ketones (excluding diaryl/α,β-unsaturated/α-hetero) is 1. The van der Waals surface area contributed by atoms with Gasteiger partial charge in [0.2, 0.25) is 0 Å². The Bertz CT molecular complexity index is 143. The first-order valence-electron chi connectivity index (χ1n) is 5.33. The zero-order valence-corrected chi connectivity index (χ0v) is 9.18. The maximum absolute atomic E-state index is 11.3. The fourth-order valence-electron chi connectivity index (χ4n) is 1.25. The molecule has 0 bridgehead atoms. The Labute approximate surface area is 81.9 Å². The van der Waals surface area contributed by atoms with Gasteiger partial charge in [0.05, 0.1) is 0 Å². The van der Waals surface area contributed by atoms with Crippen LogP contribution < -0.4 is 5.73 Å². The minimum Gasteiger partial charge on any atom is -0.327 e. The van der Waals surface area contributed by atoms with E-state index in [9.17, 15) is 4.79 Å². The van der Waals surface area contributed by atoms with Gasteiger partial charge in [0.25, 0.3) is 0 Å². The van der Waals surface area contributed by atoms with Crippen LogP contribution in [0.2, 0.25) is 0 Å². The van der Waals surface area contributed by atoms with Crippen molar-refractivity contribution in [2.45, 2.75) is 58.9 Å². The topological polar surface area (TPSA) is 43.1 Å². The molecule has 0 aliphatic carbocycles. The van der Waals surface area contributed by atoms with E-state index in [1.165, 1.54) is 0 Å². The summed E-state index contributed by atoms with van der Waals surface area (Å²) >= 11 is 0. The van der Waals surface area contributed by atoms with Crippen molar-refractivity contribution >= 4 is 5.78 Å². The number of rotatable bonds is 7. The summed E-state index contributed by atoms with van der Waals surface area (Å²) in [5.74, 6) is 1.03. The van der Waals surface area contributed by atoms with E-state index in [0.717, 1.165) is 19.3 Å². The molecule has 0 aliphatic rings. The van der Waals surface area contributed by atoms with E-state index >= 15 is 0 Å². The van der Waals surface area contributed by atoms with E-state index in [-0.39, 0.29) is 6.04 Å². The van der Waals surface area contributed by atoms with Gasteiger partial charge in [-0.05, 0) is 18.8 Å². The number of carbonyl (C=O) groups is 1. The van der Waals surface area contributed by atoms with Gasteiger partial charge >= 0.3 is 0 Å². The number of hydrogen-bond donors (Lipinski definition) is 1. The first-order valence-corrected chi connectivity index (χ1v) is 5.33. The highest BCUT2D eigenvalue weighted by Crippen LogP contribution is 2.08. The molecule has 78 valence electrons. The molecule has 0 aromatic heterocycles. The normalized spacial score (nSPS) is 13.3. The zero-order valence-electron chi connectivity index (χ0n) is 9.18. The predicted molar refractivity (Wildman–Crippen MR) is 56.6 cm³/mol. The summed E-state index contributed by atoms with van der Waals surface area (Å²) in [6, 6.07) is 0.0755. The van der Waals surface area contributed by atoms with Crippen LogP contribution in [0.5, 0.6) is 0 Å². The van der Waals surface area contributed by atoms with E-state index in [1.54, 1.807) is 0 Å². The fourth-order valence-corrected chi connectivity index (χ4v) is 1.25. The van der Waals surface area contributed by atoms with E-state index in [2.05, 4.69) is 13.8 Å². The molecule has 2 N–H and O–H groups in total. The maximum Gasteiger partial charge on any atom is 0.134 e. The predicted octanol–water partition coefficient (Wildman–Crippen LogP) is 2.51. The van der Waals surface area contributed by atoms with Crippen LogP contribution in [0.3, 0.4) is 0 Å². The molecule has 13 heavy (non-hydrogen) atoms. The van der Waals surface area contributed by atoms with Crippen LogP contribution in [0.25, 0.3) is 0 Å². The third-order valence-corrected chi connectivity index (χ3v) is 2.25. The minimum atomic E-state index is 0.0755. The highest BCUT2D eigenvalue weighted by atomic mass is 16.1. The van der Waals surface area contributed by atoms with Gasteiger partial charge in [-0.25, -0.2) is 0 Å². The highest BCUT2D eigenvalue weighted by molar-refractivity contribution is 5.78. The molecular formula is C11H23NO. The van der Waals surface area contributed by atoms with Crippen molar-refractivity contribution in [1.82, 2.24) is 0 Å². The second kappa shape index (κ2) is 7.07. The van der Waals surface area contributed by atoms with Crippen molar-refractivity contribution in [3.8, 4) is 0 Å². The zero-order chi connectivity index (χ0) is 10.3. The van der Waals surface area contributed by atoms with E-state index in [4.69, 9.17) is 5.73 Å². The van der Waals surface area contributed by atoms with Crippen LogP contribution in [-0.4, -0.2) is 11.8 Å². The maximum atomic E-state index is 11.3. The van der Waals surface area contributed by atoms with Gasteiger partial charge in [-0.3, -0.25) is 4.79 Å². The van der Waals surface area contributed by atoms with Gasteiger partial charge < -0.3 is 5.73 Å². The summed E-state index contributed by atoms with van der Waals surface area (Å²) in [4.78, 5) is 11.3. The Morgan fingerprint density at radius 1 is 1.38 bits per heavy atom. The van der Waals surface area contributed by atoms with Crippen molar-refractivity contribution in [3.63, 3.8) is 0 Å². The van der Waals surface area contributed by atoms with Crippen molar-refractivity contribution in [2.24, 2.45) is 11.7 Å². The first-order chi connectivity index (χ1) is 6.06. The lowest BCUT2D eigenvalue weighted by Crippen LogP contribution is -2.22. The molecule has 1 atom stereocenters. The molecule has 0 heterocycles. The largest absolute Gasteiger partial charge is 0.327 e. The molecule has 0 amide bonds. The van der Waals surface area contributed by atoms with Crippen LogP contribution in [0.1, 0.15) is 52.9 Å². The lowest BCUT2D eigenvalue weighted by molar-refractivity contribution is -0.119. The van der Waals surface area contributed by atoms with E-state index in [0.29, 0.717) is 24.5 Å². The summed E-state index contributed by atoms with van der Waals surface area (Å²) in [5.41, 5.74) is 5.68. The van der Waals surface area contributed by atoms with Gasteiger partial charge in [-0.1, -0.05) is 27.2 Å². The molecule has 0 saturated carbocycles. The smallest absolute Gasteiger partial charge is 0.134 e. The number of nitrogens with two attached hydrogens (primary N) is 1. The molecule has 0 spiro atoms. The molecule has 0 aromatic rings. The Hall–Kier alpha value is -0.370. The van der Waals surface area contributed by atoms with Gasteiger partial charge in [0.1, 0.15) is 5.78 Å². The number of hydrogen-bond acceptors (Lipinski definition) is 2. The second-order valence-corrected chi connectivity index (χ2v) is 4.20. The van der Waals surface area contributed by atoms with Crippen molar-refractivity contribution in [2.75, 3.05) is 0 Å². The average Bonchev–Trinajstić information content (AvgIpc) is 2.03. The summed E-state index contributed by atoms with van der Waals surface area (Å²) in [5, 5.41) is 0. The van der Waals surface area contributed by atoms with Crippen molar-refractivity contribution < 1.29 is 4.79 Å². The monoisotopic (exact) mass is 185 g/mol. The number of ketones is 1. The van der Waals surface area contributed by atoms with Crippen LogP contribution >= 0.6 is 0 Å². The van der Waals surface area contributed by atoms with Crippen LogP contribution in [0, 0.1) is 5.92 Å². The lowest BCUT2D eigenvalue weighted by atomic mass is 10.0. The minimum absolute atomic E-state index is 0.0755. The number of carbonyl (C=O) groups excluding carboxylic acids is 1. The Kier molecular flexibility index (Phi) is 6.87. The van der Waals surface area contributed by atoms with Crippen LogP contribution in [0.4, 0.5) is 0 Å².